The summed E-state index contributed by atoms with van der Waals surface area (Å²) < 4.78 is 10.1. The quantitative estimate of drug-likeness (QED) is 0.212. The molecule has 0 unspecified atom stereocenters. The summed E-state index contributed by atoms with van der Waals surface area (Å²) in [7, 11) is 3.94. The Morgan fingerprint density at radius 2 is 0.927 bits per heavy atom. The van der Waals surface area contributed by atoms with Crippen molar-refractivity contribution in [3.63, 3.8) is 0 Å². The van der Waals surface area contributed by atoms with E-state index in [2.05, 4.69) is 84.3 Å². The molecule has 7 rings (SSSR count). The van der Waals surface area contributed by atoms with Gasteiger partial charge in [-0.2, -0.15) is 10.2 Å². The van der Waals surface area contributed by atoms with Gasteiger partial charge in [0, 0.05) is 71.1 Å². The topological polar surface area (TPSA) is 55.3 Å². The van der Waals surface area contributed by atoms with Crippen LogP contribution in [0.25, 0.3) is 21.9 Å². The highest BCUT2D eigenvalue weighted by Crippen LogP contribution is 2.41. The number of rotatable bonds is 6. The Bertz CT molecular complexity index is 1820. The van der Waals surface area contributed by atoms with E-state index in [1.54, 1.807) is 0 Å². The molecule has 0 aliphatic rings. The Morgan fingerprint density at radius 1 is 0.512 bits per heavy atom. The number of hydrogen-bond acceptors (Lipinski definition) is 5. The van der Waals surface area contributed by atoms with Gasteiger partial charge in [0.15, 0.2) is 11.6 Å². The molecule has 0 spiro atoms. The third-order valence-electron chi connectivity index (χ3n) is 7.64. The molecule has 0 bridgehead atoms. The number of para-hydroxylation sites is 2. The molecular formula is C34H30N6O. The van der Waals surface area contributed by atoms with E-state index in [4.69, 9.17) is 14.6 Å². The van der Waals surface area contributed by atoms with Crippen molar-refractivity contribution in [1.29, 1.82) is 0 Å². The van der Waals surface area contributed by atoms with E-state index in [1.165, 1.54) is 0 Å². The first-order chi connectivity index (χ1) is 20.0. The third kappa shape index (κ3) is 4.32. The van der Waals surface area contributed by atoms with Gasteiger partial charge in [0.25, 0.3) is 0 Å². The molecule has 202 valence electrons. The van der Waals surface area contributed by atoms with Crippen LogP contribution in [0.5, 0.6) is 0 Å². The van der Waals surface area contributed by atoms with E-state index in [9.17, 15) is 0 Å². The van der Waals surface area contributed by atoms with E-state index in [1.807, 2.05) is 72.0 Å². The SMILES string of the molecule is Cc1cc(N(c2ccccc2)c2ccc3oc4ccc(N(c5ccccc5)c5cc(C)n(C)n5)cc4c3c2)nn1C. The first-order valence-electron chi connectivity index (χ1n) is 13.6. The molecule has 4 aromatic carbocycles. The number of nitrogens with zero attached hydrogens (tertiary/aromatic N) is 6. The summed E-state index contributed by atoms with van der Waals surface area (Å²) >= 11 is 0. The number of benzene rings is 4. The highest BCUT2D eigenvalue weighted by Gasteiger charge is 2.20. The lowest BCUT2D eigenvalue weighted by atomic mass is 10.1. The number of aromatic nitrogens is 4. The van der Waals surface area contributed by atoms with Crippen molar-refractivity contribution in [3.05, 3.63) is 121 Å². The van der Waals surface area contributed by atoms with Crippen LogP contribution in [0.3, 0.4) is 0 Å². The van der Waals surface area contributed by atoms with Crippen molar-refractivity contribution in [2.75, 3.05) is 9.80 Å². The van der Waals surface area contributed by atoms with Gasteiger partial charge in [-0.15, -0.1) is 0 Å². The van der Waals surface area contributed by atoms with Gasteiger partial charge in [-0.25, -0.2) is 0 Å². The number of hydrogen-bond donors (Lipinski definition) is 0. The predicted molar refractivity (Wildman–Crippen MR) is 166 cm³/mol. The molecule has 0 radical (unpaired) electrons. The molecule has 0 amide bonds. The van der Waals surface area contributed by atoms with Crippen molar-refractivity contribution >= 4 is 56.3 Å². The first kappa shape index (κ1) is 24.7. The smallest absolute Gasteiger partial charge is 0.159 e. The van der Waals surface area contributed by atoms with E-state index in [0.717, 1.165) is 67.7 Å². The molecule has 3 heterocycles. The maximum atomic E-state index is 6.31. The average Bonchev–Trinajstić information content (AvgIpc) is 3.63. The minimum absolute atomic E-state index is 0.839. The molecule has 0 fully saturated rings. The van der Waals surface area contributed by atoms with Gasteiger partial charge in [-0.1, -0.05) is 36.4 Å². The molecule has 41 heavy (non-hydrogen) atoms. The van der Waals surface area contributed by atoms with Crippen molar-refractivity contribution in [2.45, 2.75) is 13.8 Å². The van der Waals surface area contributed by atoms with Gasteiger partial charge in [0.2, 0.25) is 0 Å². The van der Waals surface area contributed by atoms with Gasteiger partial charge in [-0.05, 0) is 74.5 Å². The van der Waals surface area contributed by atoms with Crippen LogP contribution in [0.15, 0.2) is 114 Å². The standard InChI is InChI=1S/C34H30N6O/c1-23-19-33(35-37(23)3)39(25-11-7-5-8-12-25)27-15-17-31-29(21-27)30-22-28(16-18-32(30)41-31)40(26-13-9-6-10-14-26)34-20-24(2)38(4)36-34/h5-22H,1-4H3. The second-order valence-corrected chi connectivity index (χ2v) is 10.3. The Hall–Kier alpha value is -5.30. The summed E-state index contributed by atoms with van der Waals surface area (Å²) in [5, 5.41) is 11.7. The van der Waals surface area contributed by atoms with Crippen molar-refractivity contribution in [1.82, 2.24) is 19.6 Å². The predicted octanol–water partition coefficient (Wildman–Crippen LogP) is 8.61. The van der Waals surface area contributed by atoms with Crippen LogP contribution in [0.1, 0.15) is 11.4 Å². The first-order valence-corrected chi connectivity index (χ1v) is 13.6. The fourth-order valence-electron chi connectivity index (χ4n) is 5.31. The van der Waals surface area contributed by atoms with Crippen molar-refractivity contribution in [3.8, 4) is 0 Å². The molecule has 3 aromatic heterocycles. The van der Waals surface area contributed by atoms with Gasteiger partial charge < -0.3 is 4.42 Å². The Morgan fingerprint density at radius 3 is 1.29 bits per heavy atom. The fraction of sp³-hybridized carbons (Fsp3) is 0.118. The molecule has 0 saturated heterocycles. The summed E-state index contributed by atoms with van der Waals surface area (Å²) in [6.07, 6.45) is 0. The minimum atomic E-state index is 0.839. The van der Waals surface area contributed by atoms with Crippen LogP contribution in [-0.2, 0) is 14.1 Å². The Labute approximate surface area is 238 Å². The number of fused-ring (bicyclic) bond motifs is 3. The zero-order chi connectivity index (χ0) is 28.1. The third-order valence-corrected chi connectivity index (χ3v) is 7.64. The highest BCUT2D eigenvalue weighted by molar-refractivity contribution is 6.08. The average molecular weight is 539 g/mol. The minimum Gasteiger partial charge on any atom is -0.456 e. The van der Waals surface area contributed by atoms with Crippen LogP contribution in [0.4, 0.5) is 34.4 Å². The molecule has 0 N–H and O–H groups in total. The van der Waals surface area contributed by atoms with E-state index in [-0.39, 0.29) is 0 Å². The Kier molecular flexibility index (Phi) is 5.86. The van der Waals surface area contributed by atoms with Gasteiger partial charge in [0.05, 0.1) is 0 Å². The van der Waals surface area contributed by atoms with E-state index >= 15 is 0 Å². The van der Waals surface area contributed by atoms with Crippen molar-refractivity contribution < 1.29 is 4.42 Å². The second-order valence-electron chi connectivity index (χ2n) is 10.3. The van der Waals surface area contributed by atoms with Crippen molar-refractivity contribution in [2.24, 2.45) is 14.1 Å². The zero-order valence-corrected chi connectivity index (χ0v) is 23.5. The second kappa shape index (κ2) is 9.71. The highest BCUT2D eigenvalue weighted by atomic mass is 16.3. The number of furan rings is 1. The number of aryl methyl sites for hydroxylation is 4. The fourth-order valence-corrected chi connectivity index (χ4v) is 5.31. The molecule has 7 nitrogen and oxygen atoms in total. The molecule has 0 saturated carbocycles. The van der Waals surface area contributed by atoms with Gasteiger partial charge in [-0.3, -0.25) is 19.2 Å². The lowest BCUT2D eigenvalue weighted by Crippen LogP contribution is -2.11. The summed E-state index contributed by atoms with van der Waals surface area (Å²) in [4.78, 5) is 4.37. The molecule has 0 aliphatic heterocycles. The monoisotopic (exact) mass is 538 g/mol. The molecule has 7 heteroatoms. The summed E-state index contributed by atoms with van der Waals surface area (Å²) in [5.41, 5.74) is 7.96. The maximum Gasteiger partial charge on any atom is 0.159 e. The molecule has 7 aromatic rings. The maximum absolute atomic E-state index is 6.31. The van der Waals surface area contributed by atoms with Gasteiger partial charge in [0.1, 0.15) is 11.2 Å². The Balaban J connectivity index is 1.40. The summed E-state index contributed by atoms with van der Waals surface area (Å²) in [6, 6.07) is 37.6. The van der Waals surface area contributed by atoms with E-state index in [0.29, 0.717) is 0 Å². The summed E-state index contributed by atoms with van der Waals surface area (Å²) in [5.74, 6) is 1.73. The molecular weight excluding hydrogens is 508 g/mol. The van der Waals surface area contributed by atoms with Gasteiger partial charge >= 0.3 is 0 Å². The van der Waals surface area contributed by atoms with E-state index < -0.39 is 0 Å². The molecule has 0 aliphatic carbocycles. The molecule has 0 atom stereocenters. The zero-order valence-electron chi connectivity index (χ0n) is 23.5. The lowest BCUT2D eigenvalue weighted by molar-refractivity contribution is 0.669. The van der Waals surface area contributed by atoms with Crippen LogP contribution in [0.2, 0.25) is 0 Å². The van der Waals surface area contributed by atoms with Crippen LogP contribution < -0.4 is 9.80 Å². The lowest BCUT2D eigenvalue weighted by Gasteiger charge is -2.23. The van der Waals surface area contributed by atoms with Crippen LogP contribution in [0, 0.1) is 13.8 Å². The van der Waals surface area contributed by atoms with Crippen LogP contribution >= 0.6 is 0 Å². The number of anilines is 6. The largest absolute Gasteiger partial charge is 0.456 e. The van der Waals surface area contributed by atoms with Crippen LogP contribution in [-0.4, -0.2) is 19.6 Å². The normalized spacial score (nSPS) is 11.4. The summed E-state index contributed by atoms with van der Waals surface area (Å²) in [6.45, 7) is 4.13.